The molecule has 1 heterocycles. The molecule has 3 fully saturated rings. The van der Waals surface area contributed by atoms with Crippen molar-refractivity contribution in [2.75, 3.05) is 6.61 Å². The van der Waals surface area contributed by atoms with Gasteiger partial charge in [0.05, 0.1) is 6.10 Å². The Balaban J connectivity index is 0.00000133. The first-order valence-corrected chi connectivity index (χ1v) is 7.19. The Morgan fingerprint density at radius 2 is 1.95 bits per heavy atom. The van der Waals surface area contributed by atoms with E-state index in [4.69, 9.17) is 10.5 Å². The molecule has 0 bridgehead atoms. The number of carbonyl (C=O) groups is 1. The van der Waals surface area contributed by atoms with Crippen LogP contribution in [0.5, 0.6) is 0 Å². The van der Waals surface area contributed by atoms with Gasteiger partial charge >= 0.3 is 0 Å². The third-order valence-corrected chi connectivity index (χ3v) is 5.50. The normalized spacial score (nSPS) is 40.2. The molecule has 3 N–H and O–H groups in total. The first-order chi connectivity index (χ1) is 8.48. The summed E-state index contributed by atoms with van der Waals surface area (Å²) in [6.45, 7) is 4.95. The molecule has 1 aliphatic heterocycles. The summed E-state index contributed by atoms with van der Waals surface area (Å²) in [6.07, 6.45) is 5.62. The monoisotopic (exact) mass is 288 g/mol. The van der Waals surface area contributed by atoms with Crippen LogP contribution in [0.1, 0.15) is 46.0 Å². The second kappa shape index (κ2) is 4.90. The van der Waals surface area contributed by atoms with E-state index in [-0.39, 0.29) is 35.8 Å². The maximum atomic E-state index is 12.5. The van der Waals surface area contributed by atoms with Gasteiger partial charge in [-0.05, 0) is 32.1 Å². The maximum absolute atomic E-state index is 12.5. The van der Waals surface area contributed by atoms with Gasteiger partial charge in [0.25, 0.3) is 0 Å². The number of hydrogen-bond donors (Lipinski definition) is 2. The van der Waals surface area contributed by atoms with Gasteiger partial charge in [0.1, 0.15) is 5.54 Å². The maximum Gasteiger partial charge on any atom is 0.241 e. The van der Waals surface area contributed by atoms with E-state index < -0.39 is 5.54 Å². The van der Waals surface area contributed by atoms with Gasteiger partial charge in [0.2, 0.25) is 5.91 Å². The number of carbonyl (C=O) groups excluding carboxylic acids is 1. The quantitative estimate of drug-likeness (QED) is 0.811. The standard InChI is InChI=1S/C14H24N2O2.ClH/c1-13(2)11-10(7-4-8-18-11)14(13,15)12(17)16-9-5-3-6-9;/h9-11H,3-8,15H2,1-2H3,(H,16,17);1H. The first kappa shape index (κ1) is 15.1. The smallest absolute Gasteiger partial charge is 0.241 e. The Hall–Kier alpha value is -0.320. The molecular weight excluding hydrogens is 264 g/mol. The Labute approximate surface area is 121 Å². The summed E-state index contributed by atoms with van der Waals surface area (Å²) in [7, 11) is 0. The van der Waals surface area contributed by atoms with Crippen LogP contribution >= 0.6 is 12.4 Å². The van der Waals surface area contributed by atoms with E-state index in [0.29, 0.717) is 6.04 Å². The molecule has 0 radical (unpaired) electrons. The van der Waals surface area contributed by atoms with Crippen LogP contribution in [-0.2, 0) is 9.53 Å². The molecule has 2 aliphatic carbocycles. The van der Waals surface area contributed by atoms with Crippen molar-refractivity contribution in [3.63, 3.8) is 0 Å². The highest BCUT2D eigenvalue weighted by Gasteiger charge is 2.70. The summed E-state index contributed by atoms with van der Waals surface area (Å²) >= 11 is 0. The van der Waals surface area contributed by atoms with E-state index in [2.05, 4.69) is 19.2 Å². The number of fused-ring (bicyclic) bond motifs is 1. The lowest BCUT2D eigenvalue weighted by atomic mass is 9.46. The van der Waals surface area contributed by atoms with Crippen LogP contribution in [0.15, 0.2) is 0 Å². The van der Waals surface area contributed by atoms with Crippen LogP contribution in [0.3, 0.4) is 0 Å². The highest BCUT2D eigenvalue weighted by Crippen LogP contribution is 2.57. The van der Waals surface area contributed by atoms with Crippen LogP contribution in [0.2, 0.25) is 0 Å². The zero-order chi connectivity index (χ0) is 13.0. The number of ether oxygens (including phenoxy) is 1. The number of rotatable bonds is 2. The molecule has 2 saturated carbocycles. The van der Waals surface area contributed by atoms with Crippen molar-refractivity contribution in [2.24, 2.45) is 17.1 Å². The minimum Gasteiger partial charge on any atom is -0.377 e. The Morgan fingerprint density at radius 1 is 1.26 bits per heavy atom. The average molecular weight is 289 g/mol. The molecule has 0 spiro atoms. The molecule has 0 aromatic rings. The lowest BCUT2D eigenvalue weighted by molar-refractivity contribution is -0.225. The zero-order valence-electron chi connectivity index (χ0n) is 11.8. The van der Waals surface area contributed by atoms with Gasteiger partial charge in [-0.25, -0.2) is 0 Å². The third-order valence-electron chi connectivity index (χ3n) is 5.50. The Bertz CT molecular complexity index is 370. The highest BCUT2D eigenvalue weighted by molar-refractivity contribution is 5.89. The van der Waals surface area contributed by atoms with Crippen LogP contribution in [0.25, 0.3) is 0 Å². The molecule has 3 atom stereocenters. The van der Waals surface area contributed by atoms with Crippen molar-refractivity contribution in [1.82, 2.24) is 5.32 Å². The lowest BCUT2D eigenvalue weighted by Gasteiger charge is -2.65. The third kappa shape index (κ3) is 1.91. The van der Waals surface area contributed by atoms with Gasteiger partial charge in [-0.1, -0.05) is 13.8 Å². The first-order valence-electron chi connectivity index (χ1n) is 7.19. The number of nitrogens with one attached hydrogen (secondary N) is 1. The van der Waals surface area contributed by atoms with Crippen LogP contribution < -0.4 is 11.1 Å². The summed E-state index contributed by atoms with van der Waals surface area (Å²) in [5.74, 6) is 0.241. The summed E-state index contributed by atoms with van der Waals surface area (Å²) in [4.78, 5) is 12.5. The summed E-state index contributed by atoms with van der Waals surface area (Å²) in [6, 6.07) is 0.359. The molecule has 110 valence electrons. The van der Waals surface area contributed by atoms with E-state index in [0.717, 1.165) is 32.3 Å². The van der Waals surface area contributed by atoms with E-state index >= 15 is 0 Å². The molecule has 19 heavy (non-hydrogen) atoms. The summed E-state index contributed by atoms with van der Waals surface area (Å²) in [5.41, 5.74) is 5.51. The van der Waals surface area contributed by atoms with Gasteiger partial charge in [0, 0.05) is 24.0 Å². The minimum absolute atomic E-state index is 0. The van der Waals surface area contributed by atoms with E-state index in [1.54, 1.807) is 0 Å². The molecule has 3 aliphatic rings. The van der Waals surface area contributed by atoms with Crippen molar-refractivity contribution in [1.29, 1.82) is 0 Å². The second-order valence-electron chi connectivity index (χ2n) is 6.73. The highest BCUT2D eigenvalue weighted by atomic mass is 35.5. The number of amides is 1. The molecule has 1 saturated heterocycles. The van der Waals surface area contributed by atoms with Crippen LogP contribution in [0.4, 0.5) is 0 Å². The number of nitrogens with two attached hydrogens (primary N) is 1. The Morgan fingerprint density at radius 3 is 2.53 bits per heavy atom. The topological polar surface area (TPSA) is 64.3 Å². The fraction of sp³-hybridized carbons (Fsp3) is 0.929. The van der Waals surface area contributed by atoms with Crippen molar-refractivity contribution < 1.29 is 9.53 Å². The molecule has 3 unspecified atom stereocenters. The van der Waals surface area contributed by atoms with Gasteiger partial charge in [-0.3, -0.25) is 4.79 Å². The SMILES string of the molecule is CC1(C)C2OCCCC2C1(N)C(=O)NC1CCC1.Cl. The minimum atomic E-state index is -0.742. The second-order valence-corrected chi connectivity index (χ2v) is 6.73. The molecular formula is C14H25ClN2O2. The number of halogens is 1. The Kier molecular flexibility index (Phi) is 3.89. The van der Waals surface area contributed by atoms with Crippen molar-refractivity contribution in [3.8, 4) is 0 Å². The molecule has 1 amide bonds. The fourth-order valence-corrected chi connectivity index (χ4v) is 3.89. The fourth-order valence-electron chi connectivity index (χ4n) is 3.89. The molecule has 3 rings (SSSR count). The van der Waals surface area contributed by atoms with Crippen molar-refractivity contribution in [2.45, 2.75) is 63.6 Å². The molecule has 5 heteroatoms. The summed E-state index contributed by atoms with van der Waals surface area (Å²) in [5, 5.41) is 3.13. The van der Waals surface area contributed by atoms with Gasteiger partial charge in [0.15, 0.2) is 0 Å². The van der Waals surface area contributed by atoms with Gasteiger partial charge in [-0.15, -0.1) is 12.4 Å². The zero-order valence-corrected chi connectivity index (χ0v) is 12.6. The van der Waals surface area contributed by atoms with E-state index in [1.807, 2.05) is 0 Å². The average Bonchev–Trinajstić information content (AvgIpc) is 2.32. The van der Waals surface area contributed by atoms with Gasteiger partial charge < -0.3 is 15.8 Å². The predicted molar refractivity (Wildman–Crippen MR) is 76.2 cm³/mol. The number of hydrogen-bond acceptors (Lipinski definition) is 3. The van der Waals surface area contributed by atoms with Crippen molar-refractivity contribution in [3.05, 3.63) is 0 Å². The predicted octanol–water partition coefficient (Wildman–Crippen LogP) is 1.61. The largest absolute Gasteiger partial charge is 0.377 e. The van der Waals surface area contributed by atoms with Gasteiger partial charge in [-0.2, -0.15) is 0 Å². The molecule has 0 aromatic carbocycles. The van der Waals surface area contributed by atoms with Crippen molar-refractivity contribution >= 4 is 18.3 Å². The molecule has 4 nitrogen and oxygen atoms in total. The molecule has 0 aromatic heterocycles. The van der Waals surface area contributed by atoms with E-state index in [1.165, 1.54) is 6.42 Å². The van der Waals surface area contributed by atoms with Crippen LogP contribution in [0, 0.1) is 11.3 Å². The van der Waals surface area contributed by atoms with E-state index in [9.17, 15) is 4.79 Å². The van der Waals surface area contributed by atoms with Crippen LogP contribution in [-0.4, -0.2) is 30.2 Å². The lowest BCUT2D eigenvalue weighted by Crippen LogP contribution is -2.82. The summed E-state index contributed by atoms with van der Waals surface area (Å²) < 4.78 is 5.82.